The van der Waals surface area contributed by atoms with E-state index in [0.29, 0.717) is 79.9 Å². The highest BCUT2D eigenvalue weighted by atomic mass is 19.1. The molecule has 0 spiro atoms. The van der Waals surface area contributed by atoms with Crippen molar-refractivity contribution in [3.05, 3.63) is 113 Å². The highest BCUT2D eigenvalue weighted by Gasteiger charge is 2.18. The Morgan fingerprint density at radius 1 is 0.698 bits per heavy atom. The van der Waals surface area contributed by atoms with Gasteiger partial charge in [0.05, 0.1) is 77.3 Å². The molecule has 0 atom stereocenters. The van der Waals surface area contributed by atoms with E-state index in [4.69, 9.17) is 29.2 Å². The fourth-order valence-corrected chi connectivity index (χ4v) is 7.15. The van der Waals surface area contributed by atoms with Crippen LogP contribution in [0.25, 0.3) is 11.3 Å². The Morgan fingerprint density at radius 3 is 2.06 bits per heavy atom. The van der Waals surface area contributed by atoms with Crippen LogP contribution in [-0.2, 0) is 43.4 Å². The van der Waals surface area contributed by atoms with Crippen LogP contribution < -0.4 is 15.5 Å². The number of aliphatic hydroxyl groups excluding tert-OH is 2. The zero-order valence-corrected chi connectivity index (χ0v) is 36.1. The van der Waals surface area contributed by atoms with Gasteiger partial charge in [-0.05, 0) is 91.3 Å². The van der Waals surface area contributed by atoms with Gasteiger partial charge in [-0.1, -0.05) is 36.4 Å². The fraction of sp³-hybridized carbons (Fsp3) is 0.458. The van der Waals surface area contributed by atoms with Crippen LogP contribution in [0.5, 0.6) is 0 Å². The van der Waals surface area contributed by atoms with Gasteiger partial charge in [0.1, 0.15) is 6.67 Å². The number of carbonyl (C=O) groups is 3. The number of aromatic nitrogens is 1. The average molecular weight is 872 g/mol. The Morgan fingerprint density at radius 2 is 1.35 bits per heavy atom. The summed E-state index contributed by atoms with van der Waals surface area (Å²) in [6.45, 7) is 4.83. The smallest absolute Gasteiger partial charge is 0.255 e. The molecule has 14 nitrogen and oxygen atoms in total. The van der Waals surface area contributed by atoms with Crippen molar-refractivity contribution >= 4 is 29.1 Å². The zero-order valence-electron chi connectivity index (χ0n) is 36.1. The molecule has 1 aliphatic heterocycles. The molecule has 1 saturated heterocycles. The normalized spacial score (nSPS) is 12.6. The van der Waals surface area contributed by atoms with Crippen LogP contribution >= 0.6 is 0 Å². The topological polar surface area (TPSA) is 172 Å². The summed E-state index contributed by atoms with van der Waals surface area (Å²) in [4.78, 5) is 47.5. The lowest BCUT2D eigenvalue weighted by Gasteiger charge is -2.29. The fourth-order valence-electron chi connectivity index (χ4n) is 7.15. The number of ether oxygens (including phenoxy) is 4. The lowest BCUT2D eigenvalue weighted by atomic mass is 10.0. The predicted molar refractivity (Wildman–Crippen MR) is 240 cm³/mol. The van der Waals surface area contributed by atoms with Crippen molar-refractivity contribution in [2.45, 2.75) is 51.7 Å². The Bertz CT molecular complexity index is 2010. The average Bonchev–Trinajstić information content (AvgIpc) is 3.32. The van der Waals surface area contributed by atoms with Gasteiger partial charge in [0.15, 0.2) is 0 Å². The molecule has 2 heterocycles. The number of pyridine rings is 1. The first-order valence-electron chi connectivity index (χ1n) is 21.9. The number of anilines is 2. The van der Waals surface area contributed by atoms with E-state index in [1.165, 1.54) is 11.3 Å². The first-order chi connectivity index (χ1) is 30.9. The minimum absolute atomic E-state index is 0.154. The lowest BCUT2D eigenvalue weighted by molar-refractivity contribution is -0.133. The van der Waals surface area contributed by atoms with Crippen LogP contribution in [0.4, 0.5) is 15.8 Å². The van der Waals surface area contributed by atoms with E-state index in [1.54, 1.807) is 42.6 Å². The number of aryl methyl sites for hydroxylation is 1. The first kappa shape index (κ1) is 48.7. The molecule has 1 aromatic heterocycles. The van der Waals surface area contributed by atoms with Gasteiger partial charge < -0.3 is 49.6 Å². The third kappa shape index (κ3) is 16.7. The molecule has 1 aliphatic rings. The van der Waals surface area contributed by atoms with Crippen LogP contribution in [0, 0.1) is 0 Å². The SMILES string of the molecule is O=C(NCc1cccc(CF)c1)c1ccnc(-c2cc(N3CCCCC3)ccc2NC(=O)c2cccc(CCCOCCOCCOCCOCCC(=O)N(CCO)CCO)c2)c1. The van der Waals surface area contributed by atoms with Gasteiger partial charge in [-0.3, -0.25) is 19.4 Å². The number of hydrogen-bond acceptors (Lipinski definition) is 11. The first-order valence-corrected chi connectivity index (χ1v) is 21.9. The minimum atomic E-state index is -0.570. The summed E-state index contributed by atoms with van der Waals surface area (Å²) >= 11 is 0. The molecule has 4 N–H and O–H groups in total. The lowest BCUT2D eigenvalue weighted by Crippen LogP contribution is -2.36. The van der Waals surface area contributed by atoms with Crippen molar-refractivity contribution in [3.8, 4) is 11.3 Å². The molecule has 3 amide bonds. The second kappa shape index (κ2) is 27.7. The van der Waals surface area contributed by atoms with Crippen molar-refractivity contribution < 1.29 is 47.9 Å². The van der Waals surface area contributed by atoms with E-state index >= 15 is 0 Å². The number of carbonyl (C=O) groups excluding carboxylic acids is 3. The number of alkyl halides is 1. The maximum absolute atomic E-state index is 13.7. The van der Waals surface area contributed by atoms with Crippen molar-refractivity contribution in [1.82, 2.24) is 15.2 Å². The van der Waals surface area contributed by atoms with Crippen LogP contribution in [0.1, 0.15) is 69.5 Å². The number of amides is 3. The molecule has 63 heavy (non-hydrogen) atoms. The zero-order chi connectivity index (χ0) is 44.5. The number of piperidine rings is 1. The molecular formula is C48H62FN5O9. The molecule has 0 radical (unpaired) electrons. The van der Waals surface area contributed by atoms with E-state index in [-0.39, 0.29) is 63.6 Å². The van der Waals surface area contributed by atoms with Crippen molar-refractivity contribution in [2.75, 3.05) is 102 Å². The molecular weight excluding hydrogens is 810 g/mol. The highest BCUT2D eigenvalue weighted by Crippen LogP contribution is 2.33. The Hall–Kier alpha value is -5.29. The van der Waals surface area contributed by atoms with Gasteiger partial charge in [-0.2, -0.15) is 0 Å². The Balaban J connectivity index is 1.05. The molecule has 0 unspecified atom stereocenters. The summed E-state index contributed by atoms with van der Waals surface area (Å²) in [6, 6.07) is 24.0. The number of benzene rings is 3. The molecule has 5 rings (SSSR count). The number of nitrogens with zero attached hydrogens (tertiary/aromatic N) is 3. The number of aliphatic hydroxyl groups is 2. The Kier molecular flexibility index (Phi) is 21.4. The molecule has 3 aromatic carbocycles. The third-order valence-electron chi connectivity index (χ3n) is 10.5. The summed E-state index contributed by atoms with van der Waals surface area (Å²) in [5, 5.41) is 24.1. The van der Waals surface area contributed by atoms with Gasteiger partial charge in [0.25, 0.3) is 11.8 Å². The Labute approximate surface area is 369 Å². The summed E-state index contributed by atoms with van der Waals surface area (Å²) in [6.07, 6.45) is 6.67. The van der Waals surface area contributed by atoms with E-state index in [1.807, 2.05) is 42.5 Å². The summed E-state index contributed by atoms with van der Waals surface area (Å²) in [7, 11) is 0. The van der Waals surface area contributed by atoms with E-state index in [9.17, 15) is 18.8 Å². The van der Waals surface area contributed by atoms with Crippen molar-refractivity contribution in [2.24, 2.45) is 0 Å². The minimum Gasteiger partial charge on any atom is -0.395 e. The van der Waals surface area contributed by atoms with E-state index < -0.39 is 6.67 Å². The maximum Gasteiger partial charge on any atom is 0.255 e. The van der Waals surface area contributed by atoms with Gasteiger partial charge in [-0.15, -0.1) is 0 Å². The van der Waals surface area contributed by atoms with Crippen LogP contribution in [0.15, 0.2) is 85.1 Å². The van der Waals surface area contributed by atoms with Gasteiger partial charge in [0, 0.05) is 67.9 Å². The van der Waals surface area contributed by atoms with E-state index in [2.05, 4.69) is 20.5 Å². The van der Waals surface area contributed by atoms with Crippen molar-refractivity contribution in [1.29, 1.82) is 0 Å². The maximum atomic E-state index is 13.7. The third-order valence-corrected chi connectivity index (χ3v) is 10.5. The standard InChI is InChI=1S/C48H62FN5O9/c49-35-38-8-4-9-39(31-38)36-51-47(58)41-14-16-50-45(33-41)43-34-42(53-17-2-1-3-18-53)12-13-44(43)52-48(59)40-11-5-7-37(32-40)10-6-23-60-25-27-62-29-30-63-28-26-61-24-15-46(57)54(19-21-55)20-22-56/h4-5,7-9,11-14,16,31-34,55-56H,1-3,6,10,15,17-30,35-36H2,(H,51,58)(H,52,59). The molecule has 340 valence electrons. The number of halogens is 1. The van der Waals surface area contributed by atoms with Crippen LogP contribution in [0.2, 0.25) is 0 Å². The molecule has 0 saturated carbocycles. The van der Waals surface area contributed by atoms with Gasteiger partial charge in [0.2, 0.25) is 5.91 Å². The van der Waals surface area contributed by atoms with Crippen molar-refractivity contribution in [3.63, 3.8) is 0 Å². The monoisotopic (exact) mass is 871 g/mol. The number of nitrogens with one attached hydrogen (secondary N) is 2. The second-order valence-corrected chi connectivity index (χ2v) is 15.1. The summed E-state index contributed by atoms with van der Waals surface area (Å²) in [5.41, 5.74) is 6.18. The predicted octanol–water partition coefficient (Wildman–Crippen LogP) is 5.59. The van der Waals surface area contributed by atoms with Crippen LogP contribution in [-0.4, -0.2) is 130 Å². The molecule has 1 fully saturated rings. The van der Waals surface area contributed by atoms with Gasteiger partial charge in [-0.25, -0.2) is 4.39 Å². The second-order valence-electron chi connectivity index (χ2n) is 15.1. The molecule has 0 aliphatic carbocycles. The van der Waals surface area contributed by atoms with Gasteiger partial charge >= 0.3 is 0 Å². The summed E-state index contributed by atoms with van der Waals surface area (Å²) < 4.78 is 35.5. The molecule has 4 aromatic rings. The van der Waals surface area contributed by atoms with Crippen LogP contribution in [0.3, 0.4) is 0 Å². The molecule has 0 bridgehead atoms. The number of rotatable bonds is 28. The van der Waals surface area contributed by atoms with E-state index in [0.717, 1.165) is 55.6 Å². The quantitative estimate of drug-likeness (QED) is 0.0525. The summed E-state index contributed by atoms with van der Waals surface area (Å²) in [5.74, 6) is -0.720. The largest absolute Gasteiger partial charge is 0.395 e. The molecule has 15 heteroatoms. The highest BCUT2D eigenvalue weighted by molar-refractivity contribution is 6.06. The number of hydrogen-bond donors (Lipinski definition) is 4.